The molecule has 5 nitrogen and oxygen atoms in total. The second-order valence-corrected chi connectivity index (χ2v) is 8.14. The quantitative estimate of drug-likeness (QED) is 0.527. The summed E-state index contributed by atoms with van der Waals surface area (Å²) in [5.41, 5.74) is 2.84. The van der Waals surface area contributed by atoms with E-state index in [0.717, 1.165) is 33.4 Å². The van der Waals surface area contributed by atoms with Crippen molar-refractivity contribution in [1.82, 2.24) is 9.88 Å². The minimum absolute atomic E-state index is 0.0127. The van der Waals surface area contributed by atoms with Crippen molar-refractivity contribution in [3.63, 3.8) is 0 Å². The Morgan fingerprint density at radius 1 is 1.07 bits per heavy atom. The zero-order chi connectivity index (χ0) is 20.9. The largest absolute Gasteiger partial charge is 0.486 e. The van der Waals surface area contributed by atoms with Crippen molar-refractivity contribution in [3.8, 4) is 11.5 Å². The molecule has 154 valence electrons. The standard InChI is InChI=1S/C24H24N2O3S/c1-17(20-10-11-21-22(15-20)29-14-13-28-21)26(2)24(27)19-8-6-18(7-9-19)16-30-23-5-3-4-12-25-23/h3-12,15,17H,13-14,16H2,1-2H3. The minimum atomic E-state index is -0.0901. The van der Waals surface area contributed by atoms with Crippen LogP contribution < -0.4 is 9.47 Å². The predicted octanol–water partition coefficient (Wildman–Crippen LogP) is 4.98. The van der Waals surface area contributed by atoms with Crippen LogP contribution in [0.5, 0.6) is 11.5 Å². The third-order valence-corrected chi connectivity index (χ3v) is 6.19. The van der Waals surface area contributed by atoms with E-state index in [1.54, 1.807) is 22.9 Å². The van der Waals surface area contributed by atoms with Crippen LogP contribution in [0.25, 0.3) is 0 Å². The highest BCUT2D eigenvalue weighted by Gasteiger charge is 2.21. The highest BCUT2D eigenvalue weighted by molar-refractivity contribution is 7.98. The molecule has 1 aliphatic rings. The fourth-order valence-electron chi connectivity index (χ4n) is 3.26. The first-order chi connectivity index (χ1) is 14.6. The summed E-state index contributed by atoms with van der Waals surface area (Å²) in [6, 6.07) is 19.4. The molecule has 0 saturated carbocycles. The maximum absolute atomic E-state index is 13.0. The molecule has 0 saturated heterocycles. The normalized spacial score (nSPS) is 13.5. The first-order valence-corrected chi connectivity index (χ1v) is 10.9. The van der Waals surface area contributed by atoms with Gasteiger partial charge in [0.15, 0.2) is 11.5 Å². The zero-order valence-electron chi connectivity index (χ0n) is 17.1. The van der Waals surface area contributed by atoms with Crippen LogP contribution >= 0.6 is 11.8 Å². The highest BCUT2D eigenvalue weighted by atomic mass is 32.2. The molecule has 0 fully saturated rings. The number of thioether (sulfide) groups is 1. The number of aromatic nitrogens is 1. The molecule has 1 aromatic heterocycles. The van der Waals surface area contributed by atoms with Crippen LogP contribution in [0.15, 0.2) is 71.9 Å². The summed E-state index contributed by atoms with van der Waals surface area (Å²) in [5, 5.41) is 0.991. The molecule has 0 bridgehead atoms. The summed E-state index contributed by atoms with van der Waals surface area (Å²) in [6.45, 7) is 3.13. The summed E-state index contributed by atoms with van der Waals surface area (Å²) < 4.78 is 11.3. The lowest BCUT2D eigenvalue weighted by molar-refractivity contribution is 0.0742. The lowest BCUT2D eigenvalue weighted by atomic mass is 10.0. The average Bonchev–Trinajstić information content (AvgIpc) is 2.82. The lowest BCUT2D eigenvalue weighted by Gasteiger charge is -2.27. The number of pyridine rings is 1. The second-order valence-electron chi connectivity index (χ2n) is 7.15. The van der Waals surface area contributed by atoms with E-state index in [-0.39, 0.29) is 11.9 Å². The third-order valence-electron chi connectivity index (χ3n) is 5.18. The van der Waals surface area contributed by atoms with Gasteiger partial charge in [0, 0.05) is 24.6 Å². The molecule has 1 unspecified atom stereocenters. The van der Waals surface area contributed by atoms with E-state index < -0.39 is 0 Å². The molecular formula is C24H24N2O3S. The summed E-state index contributed by atoms with van der Waals surface area (Å²) in [6.07, 6.45) is 1.79. The van der Waals surface area contributed by atoms with Crippen LogP contribution in [0.4, 0.5) is 0 Å². The van der Waals surface area contributed by atoms with E-state index in [1.807, 2.05) is 74.6 Å². The van der Waals surface area contributed by atoms with Gasteiger partial charge in [0.25, 0.3) is 5.91 Å². The zero-order valence-corrected chi connectivity index (χ0v) is 17.9. The van der Waals surface area contributed by atoms with Gasteiger partial charge in [0.2, 0.25) is 0 Å². The minimum Gasteiger partial charge on any atom is -0.486 e. The summed E-state index contributed by atoms with van der Waals surface area (Å²) in [4.78, 5) is 19.1. The molecule has 0 radical (unpaired) electrons. The van der Waals surface area contributed by atoms with Gasteiger partial charge >= 0.3 is 0 Å². The predicted molar refractivity (Wildman–Crippen MR) is 118 cm³/mol. The van der Waals surface area contributed by atoms with Crippen molar-refractivity contribution in [1.29, 1.82) is 0 Å². The van der Waals surface area contributed by atoms with Gasteiger partial charge in [-0.2, -0.15) is 0 Å². The lowest BCUT2D eigenvalue weighted by Crippen LogP contribution is -2.29. The Kier molecular flexibility index (Phi) is 6.23. The van der Waals surface area contributed by atoms with Gasteiger partial charge in [0.1, 0.15) is 13.2 Å². The molecule has 0 aliphatic carbocycles. The molecule has 3 aromatic rings. The molecule has 2 aromatic carbocycles. The van der Waals surface area contributed by atoms with Crippen LogP contribution in [-0.2, 0) is 5.75 Å². The van der Waals surface area contributed by atoms with E-state index in [4.69, 9.17) is 9.47 Å². The first-order valence-electron chi connectivity index (χ1n) is 9.91. The Morgan fingerprint density at radius 3 is 2.57 bits per heavy atom. The number of nitrogens with zero attached hydrogens (tertiary/aromatic N) is 2. The van der Waals surface area contributed by atoms with Crippen LogP contribution in [0.3, 0.4) is 0 Å². The number of hydrogen-bond acceptors (Lipinski definition) is 5. The summed E-state index contributed by atoms with van der Waals surface area (Å²) in [5.74, 6) is 2.29. The molecule has 6 heteroatoms. The number of amides is 1. The fraction of sp³-hybridized carbons (Fsp3) is 0.250. The third kappa shape index (κ3) is 4.60. The van der Waals surface area contributed by atoms with Crippen LogP contribution in [0.1, 0.15) is 34.5 Å². The Balaban J connectivity index is 1.40. The molecule has 30 heavy (non-hydrogen) atoms. The van der Waals surface area contributed by atoms with Gasteiger partial charge in [-0.15, -0.1) is 11.8 Å². The van der Waals surface area contributed by atoms with Gasteiger partial charge < -0.3 is 14.4 Å². The van der Waals surface area contributed by atoms with Gasteiger partial charge in [-0.25, -0.2) is 4.98 Å². The number of fused-ring (bicyclic) bond motifs is 1. The fourth-order valence-corrected chi connectivity index (χ4v) is 4.07. The average molecular weight is 421 g/mol. The number of carbonyl (C=O) groups excluding carboxylic acids is 1. The monoisotopic (exact) mass is 420 g/mol. The van der Waals surface area contributed by atoms with E-state index in [2.05, 4.69) is 4.98 Å². The number of ether oxygens (including phenoxy) is 2. The van der Waals surface area contributed by atoms with Gasteiger partial charge in [-0.05, 0) is 54.4 Å². The van der Waals surface area contributed by atoms with Gasteiger partial charge in [-0.1, -0.05) is 24.3 Å². The number of benzene rings is 2. The van der Waals surface area contributed by atoms with Gasteiger partial charge in [0.05, 0.1) is 11.1 Å². The smallest absolute Gasteiger partial charge is 0.254 e. The summed E-state index contributed by atoms with van der Waals surface area (Å²) >= 11 is 1.68. The Labute approximate surface area is 181 Å². The number of carbonyl (C=O) groups is 1. The molecule has 1 atom stereocenters. The SMILES string of the molecule is CC(c1ccc2c(c1)OCCO2)N(C)C(=O)c1ccc(CSc2ccccn2)cc1. The Hall–Kier alpha value is -2.99. The van der Waals surface area contributed by atoms with E-state index in [1.165, 1.54) is 0 Å². The second kappa shape index (κ2) is 9.22. The molecule has 1 aliphatic heterocycles. The van der Waals surface area contributed by atoms with E-state index >= 15 is 0 Å². The molecule has 0 spiro atoms. The van der Waals surface area contributed by atoms with Crippen LogP contribution in [0, 0.1) is 0 Å². The first kappa shape index (κ1) is 20.3. The molecule has 4 rings (SSSR count). The van der Waals surface area contributed by atoms with Crippen molar-refractivity contribution < 1.29 is 14.3 Å². The van der Waals surface area contributed by atoms with Crippen molar-refractivity contribution in [2.24, 2.45) is 0 Å². The van der Waals surface area contributed by atoms with Crippen molar-refractivity contribution in [2.45, 2.75) is 23.7 Å². The molecule has 0 N–H and O–H groups in total. The summed E-state index contributed by atoms with van der Waals surface area (Å²) in [7, 11) is 1.83. The van der Waals surface area contributed by atoms with Crippen molar-refractivity contribution in [3.05, 3.63) is 83.6 Å². The molecule has 2 heterocycles. The van der Waals surface area contributed by atoms with Gasteiger partial charge in [-0.3, -0.25) is 4.79 Å². The molecule has 1 amide bonds. The maximum Gasteiger partial charge on any atom is 0.254 e. The van der Waals surface area contributed by atoms with Crippen molar-refractivity contribution >= 4 is 17.7 Å². The maximum atomic E-state index is 13.0. The molecular weight excluding hydrogens is 396 g/mol. The van der Waals surface area contributed by atoms with E-state index in [0.29, 0.717) is 18.8 Å². The number of hydrogen-bond donors (Lipinski definition) is 0. The Bertz CT molecular complexity index is 1010. The van der Waals surface area contributed by atoms with E-state index in [9.17, 15) is 4.79 Å². The Morgan fingerprint density at radius 2 is 1.83 bits per heavy atom. The highest BCUT2D eigenvalue weighted by Crippen LogP contribution is 2.34. The van der Waals surface area contributed by atoms with Crippen molar-refractivity contribution in [2.75, 3.05) is 20.3 Å². The topological polar surface area (TPSA) is 51.7 Å². The number of rotatable bonds is 6. The van der Waals surface area contributed by atoms with Crippen LogP contribution in [-0.4, -0.2) is 36.1 Å². The van der Waals surface area contributed by atoms with Crippen LogP contribution in [0.2, 0.25) is 0 Å².